The van der Waals surface area contributed by atoms with E-state index in [1.54, 1.807) is 0 Å². The molecular formula is C10H17NO5S. The third kappa shape index (κ3) is 4.84. The topological polar surface area (TPSA) is 92.7 Å². The highest BCUT2D eigenvalue weighted by Gasteiger charge is 2.27. The van der Waals surface area contributed by atoms with Crippen LogP contribution in [-0.4, -0.2) is 44.0 Å². The second kappa shape index (κ2) is 6.13. The molecule has 0 bridgehead atoms. The summed E-state index contributed by atoms with van der Waals surface area (Å²) >= 11 is 0. The zero-order valence-electron chi connectivity index (χ0n) is 9.46. The van der Waals surface area contributed by atoms with Crippen molar-refractivity contribution in [2.45, 2.75) is 31.4 Å². The highest BCUT2D eigenvalue weighted by atomic mass is 32.2. The summed E-state index contributed by atoms with van der Waals surface area (Å²) in [6, 6.07) is -1.15. The van der Waals surface area contributed by atoms with E-state index in [1.165, 1.54) is 6.08 Å². The lowest BCUT2D eigenvalue weighted by atomic mass is 10.2. The zero-order chi connectivity index (χ0) is 12.9. The molecule has 1 heterocycles. The minimum absolute atomic E-state index is 0.0556. The van der Waals surface area contributed by atoms with Crippen LogP contribution in [0.3, 0.4) is 0 Å². The molecule has 0 aromatic heterocycles. The fourth-order valence-electron chi connectivity index (χ4n) is 1.65. The van der Waals surface area contributed by atoms with Crippen LogP contribution in [0.2, 0.25) is 0 Å². The summed E-state index contributed by atoms with van der Waals surface area (Å²) in [7, 11) is -3.64. The number of rotatable bonds is 7. The van der Waals surface area contributed by atoms with E-state index in [9.17, 15) is 13.2 Å². The lowest BCUT2D eigenvalue weighted by Crippen LogP contribution is -2.43. The normalized spacial score (nSPS) is 22.2. The van der Waals surface area contributed by atoms with E-state index >= 15 is 0 Å². The van der Waals surface area contributed by atoms with Gasteiger partial charge in [0, 0.05) is 6.61 Å². The Balaban J connectivity index is 2.56. The molecule has 1 rings (SSSR count). The van der Waals surface area contributed by atoms with Gasteiger partial charge in [0.25, 0.3) is 0 Å². The number of carbonyl (C=O) groups is 1. The summed E-state index contributed by atoms with van der Waals surface area (Å²) < 4.78 is 30.7. The van der Waals surface area contributed by atoms with Crippen LogP contribution in [0.15, 0.2) is 12.7 Å². The summed E-state index contributed by atoms with van der Waals surface area (Å²) in [5, 5.41) is 8.82. The maximum Gasteiger partial charge on any atom is 0.322 e. The first-order valence-electron chi connectivity index (χ1n) is 5.40. The van der Waals surface area contributed by atoms with Gasteiger partial charge in [0.1, 0.15) is 6.04 Å². The van der Waals surface area contributed by atoms with E-state index in [1.807, 2.05) is 0 Å². The van der Waals surface area contributed by atoms with Gasteiger partial charge in [-0.1, -0.05) is 6.08 Å². The number of sulfonamides is 1. The lowest BCUT2D eigenvalue weighted by molar-refractivity contribution is -0.138. The van der Waals surface area contributed by atoms with Gasteiger partial charge >= 0.3 is 5.97 Å². The molecule has 2 atom stereocenters. The smallest absolute Gasteiger partial charge is 0.322 e. The van der Waals surface area contributed by atoms with Gasteiger partial charge in [0.15, 0.2) is 0 Å². The van der Waals surface area contributed by atoms with Crippen LogP contribution >= 0.6 is 0 Å². The molecule has 2 N–H and O–H groups in total. The molecule has 0 aromatic rings. The first kappa shape index (κ1) is 14.1. The van der Waals surface area contributed by atoms with Gasteiger partial charge in [-0.05, 0) is 19.3 Å². The Labute approximate surface area is 101 Å². The van der Waals surface area contributed by atoms with Crippen molar-refractivity contribution in [3.63, 3.8) is 0 Å². The fraction of sp³-hybridized carbons (Fsp3) is 0.700. The molecule has 0 spiro atoms. The van der Waals surface area contributed by atoms with E-state index in [-0.39, 0.29) is 18.3 Å². The molecule has 0 amide bonds. The molecule has 0 aliphatic carbocycles. The van der Waals surface area contributed by atoms with Crippen molar-refractivity contribution < 1.29 is 23.1 Å². The Morgan fingerprint density at radius 3 is 2.82 bits per heavy atom. The van der Waals surface area contributed by atoms with Gasteiger partial charge in [-0.3, -0.25) is 4.79 Å². The van der Waals surface area contributed by atoms with E-state index in [4.69, 9.17) is 9.84 Å². The van der Waals surface area contributed by atoms with Crippen LogP contribution in [0, 0.1) is 0 Å². The molecule has 0 saturated carbocycles. The van der Waals surface area contributed by atoms with E-state index in [0.717, 1.165) is 6.42 Å². The maximum atomic E-state index is 11.7. The quantitative estimate of drug-likeness (QED) is 0.636. The van der Waals surface area contributed by atoms with Gasteiger partial charge in [-0.15, -0.1) is 6.58 Å². The van der Waals surface area contributed by atoms with Gasteiger partial charge in [-0.2, -0.15) is 0 Å². The monoisotopic (exact) mass is 263 g/mol. The lowest BCUT2D eigenvalue weighted by Gasteiger charge is -2.15. The van der Waals surface area contributed by atoms with Crippen LogP contribution in [0.25, 0.3) is 0 Å². The summed E-state index contributed by atoms with van der Waals surface area (Å²) in [5.74, 6) is -1.39. The average molecular weight is 263 g/mol. The molecule has 98 valence electrons. The van der Waals surface area contributed by atoms with Crippen molar-refractivity contribution >= 4 is 16.0 Å². The summed E-state index contributed by atoms with van der Waals surface area (Å²) in [5.41, 5.74) is 0. The molecule has 7 heteroatoms. The minimum Gasteiger partial charge on any atom is -0.480 e. The summed E-state index contributed by atoms with van der Waals surface area (Å²) in [6.45, 7) is 3.96. The molecule has 2 unspecified atom stereocenters. The number of ether oxygens (including phenoxy) is 1. The first-order valence-corrected chi connectivity index (χ1v) is 7.05. The SMILES string of the molecule is C=CCC(NS(=O)(=O)CC1CCCO1)C(=O)O. The Kier molecular flexibility index (Phi) is 5.10. The molecule has 6 nitrogen and oxygen atoms in total. The molecule has 1 aliphatic rings. The molecule has 1 fully saturated rings. The van der Waals surface area contributed by atoms with Crippen LogP contribution < -0.4 is 4.72 Å². The van der Waals surface area contributed by atoms with E-state index in [0.29, 0.717) is 13.0 Å². The highest BCUT2D eigenvalue weighted by molar-refractivity contribution is 7.89. The van der Waals surface area contributed by atoms with Crippen LogP contribution in [0.5, 0.6) is 0 Å². The highest BCUT2D eigenvalue weighted by Crippen LogP contribution is 2.13. The van der Waals surface area contributed by atoms with E-state index in [2.05, 4.69) is 11.3 Å². The number of carboxylic acid groups (broad SMARTS) is 1. The van der Waals surface area contributed by atoms with Gasteiger partial charge in [0.2, 0.25) is 10.0 Å². The predicted molar refractivity (Wildman–Crippen MR) is 62.1 cm³/mol. The predicted octanol–water partition coefficient (Wildman–Crippen LogP) is 0.114. The van der Waals surface area contributed by atoms with Crippen molar-refractivity contribution in [1.82, 2.24) is 4.72 Å². The first-order chi connectivity index (χ1) is 7.94. The van der Waals surface area contributed by atoms with Crippen molar-refractivity contribution in [2.75, 3.05) is 12.4 Å². The van der Waals surface area contributed by atoms with Crippen LogP contribution in [-0.2, 0) is 19.6 Å². The molecule has 17 heavy (non-hydrogen) atoms. The van der Waals surface area contributed by atoms with Gasteiger partial charge < -0.3 is 9.84 Å². The Morgan fingerprint density at radius 1 is 1.65 bits per heavy atom. The number of carboxylic acids is 1. The Bertz CT molecular complexity index is 372. The Morgan fingerprint density at radius 2 is 2.35 bits per heavy atom. The number of nitrogens with one attached hydrogen (secondary N) is 1. The third-order valence-corrected chi connectivity index (χ3v) is 3.91. The maximum absolute atomic E-state index is 11.7. The largest absolute Gasteiger partial charge is 0.480 e. The van der Waals surface area contributed by atoms with Crippen LogP contribution in [0.4, 0.5) is 0 Å². The standard InChI is InChI=1S/C10H17NO5S/c1-2-4-9(10(12)13)11-17(14,15)7-8-5-3-6-16-8/h2,8-9,11H,1,3-7H2,(H,12,13). The van der Waals surface area contributed by atoms with Gasteiger partial charge in [0.05, 0.1) is 11.9 Å². The van der Waals surface area contributed by atoms with Crippen molar-refractivity contribution in [2.24, 2.45) is 0 Å². The van der Waals surface area contributed by atoms with Crippen molar-refractivity contribution in [1.29, 1.82) is 0 Å². The number of hydrogen-bond donors (Lipinski definition) is 2. The molecule has 0 aromatic carbocycles. The molecule has 0 radical (unpaired) electrons. The van der Waals surface area contributed by atoms with Crippen LogP contribution in [0.1, 0.15) is 19.3 Å². The summed E-state index contributed by atoms with van der Waals surface area (Å²) in [6.07, 6.45) is 2.63. The second-order valence-corrected chi connectivity index (χ2v) is 5.75. The van der Waals surface area contributed by atoms with Crippen molar-refractivity contribution in [3.05, 3.63) is 12.7 Å². The van der Waals surface area contributed by atoms with E-state index < -0.39 is 22.0 Å². The number of hydrogen-bond acceptors (Lipinski definition) is 4. The molecular weight excluding hydrogens is 246 g/mol. The zero-order valence-corrected chi connectivity index (χ0v) is 10.3. The van der Waals surface area contributed by atoms with Gasteiger partial charge in [-0.25, -0.2) is 13.1 Å². The third-order valence-electron chi connectivity index (χ3n) is 2.45. The molecule has 1 aliphatic heterocycles. The molecule has 1 saturated heterocycles. The average Bonchev–Trinajstić information content (AvgIpc) is 2.68. The van der Waals surface area contributed by atoms with Crippen molar-refractivity contribution in [3.8, 4) is 0 Å². The summed E-state index contributed by atoms with van der Waals surface area (Å²) in [4.78, 5) is 10.8. The number of aliphatic carboxylic acids is 1. The fourth-order valence-corrected chi connectivity index (χ4v) is 3.13. The Hall–Kier alpha value is -0.920. The minimum atomic E-state index is -3.64. The second-order valence-electron chi connectivity index (χ2n) is 3.95.